The first-order valence-corrected chi connectivity index (χ1v) is 10.2. The molecule has 0 N–H and O–H groups in total. The molecule has 2 aromatic rings. The maximum Gasteiger partial charge on any atom is 0.280 e. The predicted octanol–water partition coefficient (Wildman–Crippen LogP) is 3.97. The molecule has 4 rings (SSSR count). The Hall–Kier alpha value is -2.35. The highest BCUT2D eigenvalue weighted by Crippen LogP contribution is 2.48. The van der Waals surface area contributed by atoms with Crippen LogP contribution in [0.3, 0.4) is 0 Å². The molecule has 0 saturated heterocycles. The smallest absolute Gasteiger partial charge is 0.280 e. The van der Waals surface area contributed by atoms with Crippen molar-refractivity contribution in [2.24, 2.45) is 23.4 Å². The largest absolute Gasteiger partial charge is 0.298 e. The van der Waals surface area contributed by atoms with Gasteiger partial charge in [-0.2, -0.15) is 4.68 Å². The van der Waals surface area contributed by atoms with Gasteiger partial charge in [0.25, 0.3) is 5.56 Å². The van der Waals surface area contributed by atoms with E-state index in [2.05, 4.69) is 20.9 Å². The topological polar surface area (TPSA) is 73.4 Å². The third-order valence-electron chi connectivity index (χ3n) is 6.08. The van der Waals surface area contributed by atoms with Gasteiger partial charge >= 0.3 is 0 Å². The number of aromatic nitrogens is 2. The van der Waals surface area contributed by atoms with Crippen molar-refractivity contribution in [3.05, 3.63) is 50.0 Å². The van der Waals surface area contributed by atoms with Crippen molar-refractivity contribution in [1.82, 2.24) is 9.36 Å². The predicted molar refractivity (Wildman–Crippen MR) is 111 cm³/mol. The molecular weight excluding hydrogens is 441 g/mol. The molecule has 6 nitrogen and oxygen atoms in total. The number of carbonyl (C=O) groups is 2. The fourth-order valence-corrected chi connectivity index (χ4v) is 4.90. The highest BCUT2D eigenvalue weighted by atomic mass is 79.9. The maximum absolute atomic E-state index is 13.9. The molecule has 2 atom stereocenters. The zero-order valence-corrected chi connectivity index (χ0v) is 18.2. The van der Waals surface area contributed by atoms with E-state index >= 15 is 0 Å². The van der Waals surface area contributed by atoms with E-state index in [0.29, 0.717) is 35.5 Å². The van der Waals surface area contributed by atoms with Gasteiger partial charge in [0.15, 0.2) is 5.82 Å². The van der Waals surface area contributed by atoms with Gasteiger partial charge in [0, 0.05) is 31.0 Å². The van der Waals surface area contributed by atoms with Gasteiger partial charge < -0.3 is 0 Å². The Kier molecular flexibility index (Phi) is 4.53. The van der Waals surface area contributed by atoms with E-state index < -0.39 is 34.5 Å². The highest BCUT2D eigenvalue weighted by molar-refractivity contribution is 9.10. The molecule has 29 heavy (non-hydrogen) atoms. The number of Topliss-reactive ketones (excluding diaryl/α,β-unsaturated/α-hetero) is 1. The van der Waals surface area contributed by atoms with Crippen molar-refractivity contribution >= 4 is 39.1 Å². The summed E-state index contributed by atoms with van der Waals surface area (Å²) in [5, 5.41) is 0. The summed E-state index contributed by atoms with van der Waals surface area (Å²) in [6, 6.07) is 4.51. The summed E-state index contributed by atoms with van der Waals surface area (Å²) < 4.78 is 16.6. The molecule has 1 aliphatic carbocycles. The number of hydrogen-bond donors (Lipinski definition) is 0. The molecule has 2 unspecified atom stereocenters. The molecular formula is C21H21BrFN3O3. The third-order valence-corrected chi connectivity index (χ3v) is 6.69. The molecule has 1 aromatic heterocycles. The summed E-state index contributed by atoms with van der Waals surface area (Å²) in [6.07, 6.45) is 1.29. The van der Waals surface area contributed by atoms with Crippen molar-refractivity contribution < 1.29 is 14.0 Å². The molecule has 0 amide bonds. The normalized spacial score (nSPS) is 22.7. The number of rotatable bonds is 1. The molecule has 1 fully saturated rings. The molecule has 1 aromatic carbocycles. The third kappa shape index (κ3) is 2.87. The highest BCUT2D eigenvalue weighted by Gasteiger charge is 2.49. The van der Waals surface area contributed by atoms with Crippen LogP contribution in [0.25, 0.3) is 0 Å². The van der Waals surface area contributed by atoms with Crippen LogP contribution >= 0.6 is 15.9 Å². The van der Waals surface area contributed by atoms with Crippen LogP contribution in [0.5, 0.6) is 0 Å². The number of aliphatic imine (C=N–C) groups is 1. The van der Waals surface area contributed by atoms with Crippen LogP contribution < -0.4 is 5.56 Å². The summed E-state index contributed by atoms with van der Waals surface area (Å²) in [5.41, 5.74) is 0.621. The second-order valence-corrected chi connectivity index (χ2v) is 9.23. The van der Waals surface area contributed by atoms with E-state index in [0.717, 1.165) is 4.68 Å². The number of carbonyl (C=O) groups excluding carboxylic acids is 2. The first kappa shape index (κ1) is 19.9. The molecule has 0 radical (unpaired) electrons. The van der Waals surface area contributed by atoms with Gasteiger partial charge in [0.05, 0.1) is 16.0 Å². The van der Waals surface area contributed by atoms with Crippen LogP contribution in [-0.4, -0.2) is 26.8 Å². The maximum atomic E-state index is 13.9. The van der Waals surface area contributed by atoms with Crippen LogP contribution in [0, 0.1) is 17.2 Å². The summed E-state index contributed by atoms with van der Waals surface area (Å²) in [5.74, 6) is -1.70. The minimum Gasteiger partial charge on any atom is -0.298 e. The van der Waals surface area contributed by atoms with Gasteiger partial charge in [-0.25, -0.2) is 9.38 Å². The first-order chi connectivity index (χ1) is 13.5. The Balaban J connectivity index is 2.05. The number of benzene rings is 1. The van der Waals surface area contributed by atoms with Crippen LogP contribution in [0.15, 0.2) is 32.5 Å². The lowest BCUT2D eigenvalue weighted by atomic mass is 9.63. The Labute approximate surface area is 175 Å². The number of ketones is 1. The number of halogens is 2. The van der Waals surface area contributed by atoms with Gasteiger partial charge in [-0.1, -0.05) is 19.9 Å². The van der Waals surface area contributed by atoms with Crippen molar-refractivity contribution in [3.8, 4) is 0 Å². The molecule has 2 aliphatic rings. The minimum absolute atomic E-state index is 0.0104. The Morgan fingerprint density at radius 1 is 1.28 bits per heavy atom. The fourth-order valence-electron chi connectivity index (χ4n) is 4.50. The van der Waals surface area contributed by atoms with Crippen LogP contribution in [0.2, 0.25) is 0 Å². The quantitative estimate of drug-likeness (QED) is 0.644. The Morgan fingerprint density at radius 3 is 2.59 bits per heavy atom. The fraction of sp³-hybridized carbons (Fsp3) is 0.429. The van der Waals surface area contributed by atoms with E-state index in [1.165, 1.54) is 17.7 Å². The van der Waals surface area contributed by atoms with Crippen LogP contribution in [0.1, 0.15) is 55.5 Å². The molecule has 0 bridgehead atoms. The second kappa shape index (κ2) is 6.58. The average Bonchev–Trinajstić information content (AvgIpc) is 2.90. The Morgan fingerprint density at radius 2 is 1.97 bits per heavy atom. The lowest BCUT2D eigenvalue weighted by Crippen LogP contribution is -2.46. The monoisotopic (exact) mass is 461 g/mol. The SMILES string of the molecule is CC(=O)n1c(=O)c2c(n1C)N=C1CCC(C)(C)C(=O)C1C2c1ccc(F)c(Br)c1. The van der Waals surface area contributed by atoms with Crippen molar-refractivity contribution in [2.75, 3.05) is 0 Å². The van der Waals surface area contributed by atoms with Gasteiger partial charge in [-0.3, -0.25) is 19.1 Å². The summed E-state index contributed by atoms with van der Waals surface area (Å²) in [6.45, 7) is 5.11. The van der Waals surface area contributed by atoms with Gasteiger partial charge in [-0.15, -0.1) is 0 Å². The second-order valence-electron chi connectivity index (χ2n) is 8.38. The summed E-state index contributed by atoms with van der Waals surface area (Å²) in [7, 11) is 1.61. The van der Waals surface area contributed by atoms with Crippen LogP contribution in [0.4, 0.5) is 10.2 Å². The zero-order chi connectivity index (χ0) is 21.2. The van der Waals surface area contributed by atoms with Gasteiger partial charge in [0.2, 0.25) is 5.91 Å². The molecule has 8 heteroatoms. The standard InChI is InChI=1S/C21H21BrFN3O3/c1-10(27)26-20(29)17-15(11-5-6-13(23)12(22)9-11)16-14(24-19(17)25(26)4)7-8-21(2,3)18(16)28/h5-6,9,15-16H,7-8H2,1-4H3. The van der Waals surface area contributed by atoms with Gasteiger partial charge in [-0.05, 0) is 46.5 Å². The van der Waals surface area contributed by atoms with Crippen LogP contribution in [-0.2, 0) is 11.8 Å². The van der Waals surface area contributed by atoms with Crippen molar-refractivity contribution in [1.29, 1.82) is 0 Å². The average molecular weight is 462 g/mol. The molecule has 1 saturated carbocycles. The van der Waals surface area contributed by atoms with Gasteiger partial charge in [0.1, 0.15) is 11.6 Å². The van der Waals surface area contributed by atoms with E-state index in [1.54, 1.807) is 19.2 Å². The Bertz CT molecular complexity index is 1160. The van der Waals surface area contributed by atoms with Crippen molar-refractivity contribution in [3.63, 3.8) is 0 Å². The first-order valence-electron chi connectivity index (χ1n) is 9.44. The number of hydrogen-bond acceptors (Lipinski definition) is 4. The van der Waals surface area contributed by atoms with E-state index in [1.807, 2.05) is 13.8 Å². The number of nitrogens with zero attached hydrogens (tertiary/aromatic N) is 3. The van der Waals surface area contributed by atoms with E-state index in [-0.39, 0.29) is 10.3 Å². The zero-order valence-electron chi connectivity index (χ0n) is 16.6. The summed E-state index contributed by atoms with van der Waals surface area (Å²) in [4.78, 5) is 43.4. The van der Waals surface area contributed by atoms with E-state index in [4.69, 9.17) is 0 Å². The lowest BCUT2D eigenvalue weighted by molar-refractivity contribution is -0.130. The minimum atomic E-state index is -0.624. The van der Waals surface area contributed by atoms with Crippen molar-refractivity contribution in [2.45, 2.75) is 39.5 Å². The number of fused-ring (bicyclic) bond motifs is 2. The van der Waals surface area contributed by atoms with E-state index in [9.17, 15) is 18.8 Å². The lowest BCUT2D eigenvalue weighted by Gasteiger charge is -2.40. The molecule has 1 aliphatic heterocycles. The molecule has 152 valence electrons. The molecule has 0 spiro atoms. The molecule has 2 heterocycles. The summed E-state index contributed by atoms with van der Waals surface area (Å²) >= 11 is 3.21.